The molecule has 5 heteroatoms. The van der Waals surface area contributed by atoms with Crippen molar-refractivity contribution in [2.75, 3.05) is 31.6 Å². The Morgan fingerprint density at radius 1 is 1.29 bits per heavy atom. The van der Waals surface area contributed by atoms with Gasteiger partial charge in [-0.1, -0.05) is 13.3 Å². The number of unbranched alkanes of at least 4 members (excludes halogenated alkanes) is 1. The second kappa shape index (κ2) is 7.88. The van der Waals surface area contributed by atoms with Crippen molar-refractivity contribution in [1.82, 2.24) is 0 Å². The van der Waals surface area contributed by atoms with Crippen molar-refractivity contribution < 1.29 is 19.6 Å². The van der Waals surface area contributed by atoms with Crippen LogP contribution in [0.5, 0.6) is 11.5 Å². The number of hydrogen-bond donors (Lipinski definition) is 2. The lowest BCUT2D eigenvalue weighted by molar-refractivity contribution is -0.640. The van der Waals surface area contributed by atoms with E-state index < -0.39 is 0 Å². The van der Waals surface area contributed by atoms with Gasteiger partial charge < -0.3 is 20.1 Å². The quantitative estimate of drug-likeness (QED) is 0.797. The molecule has 116 valence electrons. The SMILES string of the molecule is CCCCc1cc(NC(=O)C[NH2+]CC)c2c(c1)OCCO2. The third-order valence-corrected chi connectivity index (χ3v) is 3.41. The van der Waals surface area contributed by atoms with Gasteiger partial charge >= 0.3 is 0 Å². The largest absolute Gasteiger partial charge is 0.486 e. The van der Waals surface area contributed by atoms with Crippen LogP contribution in [-0.2, 0) is 11.2 Å². The summed E-state index contributed by atoms with van der Waals surface area (Å²) in [5, 5.41) is 4.90. The summed E-state index contributed by atoms with van der Waals surface area (Å²) < 4.78 is 11.3. The summed E-state index contributed by atoms with van der Waals surface area (Å²) in [7, 11) is 0. The highest BCUT2D eigenvalue weighted by Gasteiger charge is 2.19. The third-order valence-electron chi connectivity index (χ3n) is 3.41. The molecule has 0 saturated carbocycles. The Labute approximate surface area is 126 Å². The summed E-state index contributed by atoms with van der Waals surface area (Å²) in [6, 6.07) is 4.03. The number of quaternary nitrogens is 1. The van der Waals surface area contributed by atoms with Crippen LogP contribution in [0.1, 0.15) is 32.3 Å². The zero-order chi connectivity index (χ0) is 15.1. The fourth-order valence-corrected chi connectivity index (χ4v) is 2.31. The van der Waals surface area contributed by atoms with Crippen molar-refractivity contribution in [3.05, 3.63) is 17.7 Å². The first-order valence-corrected chi connectivity index (χ1v) is 7.78. The van der Waals surface area contributed by atoms with Crippen molar-refractivity contribution in [3.63, 3.8) is 0 Å². The number of nitrogens with two attached hydrogens (primary N) is 1. The van der Waals surface area contributed by atoms with E-state index in [2.05, 4.69) is 12.2 Å². The average Bonchev–Trinajstić information content (AvgIpc) is 2.51. The van der Waals surface area contributed by atoms with Crippen LogP contribution in [0, 0.1) is 0 Å². The van der Waals surface area contributed by atoms with Gasteiger partial charge in [0.25, 0.3) is 5.91 Å². The van der Waals surface area contributed by atoms with E-state index in [-0.39, 0.29) is 5.91 Å². The lowest BCUT2D eigenvalue weighted by Gasteiger charge is -2.22. The molecule has 0 radical (unpaired) electrons. The van der Waals surface area contributed by atoms with Gasteiger partial charge in [-0.15, -0.1) is 0 Å². The monoisotopic (exact) mass is 293 g/mol. The topological polar surface area (TPSA) is 64.2 Å². The Kier molecular flexibility index (Phi) is 5.87. The Balaban J connectivity index is 2.18. The highest BCUT2D eigenvalue weighted by molar-refractivity contribution is 5.93. The second-order valence-corrected chi connectivity index (χ2v) is 5.22. The molecule has 1 aromatic carbocycles. The number of hydrogen-bond acceptors (Lipinski definition) is 3. The summed E-state index contributed by atoms with van der Waals surface area (Å²) in [5.74, 6) is 1.39. The maximum atomic E-state index is 11.9. The Hall–Kier alpha value is -1.75. The molecule has 1 aliphatic heterocycles. The zero-order valence-corrected chi connectivity index (χ0v) is 12.9. The smallest absolute Gasteiger partial charge is 0.279 e. The van der Waals surface area contributed by atoms with Gasteiger partial charge in [0.05, 0.1) is 12.2 Å². The summed E-state index contributed by atoms with van der Waals surface area (Å²) in [5.41, 5.74) is 1.91. The molecule has 21 heavy (non-hydrogen) atoms. The molecule has 1 amide bonds. The number of fused-ring (bicyclic) bond motifs is 1. The normalized spacial score (nSPS) is 13.0. The number of anilines is 1. The van der Waals surface area contributed by atoms with Crippen molar-refractivity contribution in [2.24, 2.45) is 0 Å². The molecule has 0 aliphatic carbocycles. The van der Waals surface area contributed by atoms with Gasteiger partial charge in [0.2, 0.25) is 0 Å². The maximum Gasteiger partial charge on any atom is 0.279 e. The van der Waals surface area contributed by atoms with Crippen LogP contribution in [0.2, 0.25) is 0 Å². The van der Waals surface area contributed by atoms with Crippen molar-refractivity contribution in [2.45, 2.75) is 33.1 Å². The summed E-state index contributed by atoms with van der Waals surface area (Å²) >= 11 is 0. The van der Waals surface area contributed by atoms with E-state index in [1.807, 2.05) is 24.4 Å². The van der Waals surface area contributed by atoms with Crippen LogP contribution >= 0.6 is 0 Å². The highest BCUT2D eigenvalue weighted by atomic mass is 16.6. The fraction of sp³-hybridized carbons (Fsp3) is 0.562. The second-order valence-electron chi connectivity index (χ2n) is 5.22. The number of ether oxygens (including phenoxy) is 2. The minimum Gasteiger partial charge on any atom is -0.486 e. The first kappa shape index (κ1) is 15.6. The molecule has 0 fully saturated rings. The number of amides is 1. The third kappa shape index (κ3) is 4.36. The Morgan fingerprint density at radius 3 is 2.86 bits per heavy atom. The number of carbonyl (C=O) groups is 1. The number of nitrogens with one attached hydrogen (secondary N) is 1. The molecule has 0 aromatic heterocycles. The van der Waals surface area contributed by atoms with E-state index in [0.29, 0.717) is 25.5 Å². The summed E-state index contributed by atoms with van der Waals surface area (Å²) in [6.45, 7) is 6.58. The van der Waals surface area contributed by atoms with E-state index in [1.165, 1.54) is 5.56 Å². The van der Waals surface area contributed by atoms with Crippen LogP contribution in [0.15, 0.2) is 12.1 Å². The lowest BCUT2D eigenvalue weighted by atomic mass is 10.1. The number of benzene rings is 1. The molecule has 0 spiro atoms. The van der Waals surface area contributed by atoms with Crippen molar-refractivity contribution in [3.8, 4) is 11.5 Å². The molecular formula is C16H25N2O3+. The standard InChI is InChI=1S/C16H24N2O3/c1-3-5-6-12-9-13(18-15(19)11-17-4-2)16-14(10-12)20-7-8-21-16/h9-10,17H,3-8,11H2,1-2H3,(H,18,19)/p+1. The van der Waals surface area contributed by atoms with Gasteiger partial charge in [-0.25, -0.2) is 0 Å². The number of likely N-dealkylation sites (N-methyl/N-ethyl adjacent to an activating group) is 1. The molecule has 0 bridgehead atoms. The summed E-state index contributed by atoms with van der Waals surface area (Å²) in [4.78, 5) is 11.9. The molecule has 1 aromatic rings. The molecule has 0 saturated heterocycles. The fourth-order valence-electron chi connectivity index (χ4n) is 2.31. The van der Waals surface area contributed by atoms with Gasteiger partial charge in [-0.2, -0.15) is 0 Å². The first-order valence-electron chi connectivity index (χ1n) is 7.78. The predicted molar refractivity (Wildman–Crippen MR) is 82.0 cm³/mol. The van der Waals surface area contributed by atoms with Crippen molar-refractivity contribution >= 4 is 11.6 Å². The van der Waals surface area contributed by atoms with Gasteiger partial charge in [0, 0.05) is 0 Å². The highest BCUT2D eigenvalue weighted by Crippen LogP contribution is 2.39. The van der Waals surface area contributed by atoms with E-state index in [1.54, 1.807) is 0 Å². The Bertz CT molecular complexity index is 489. The molecule has 3 N–H and O–H groups in total. The lowest BCUT2D eigenvalue weighted by Crippen LogP contribution is -2.85. The van der Waals surface area contributed by atoms with Crippen LogP contribution in [0.3, 0.4) is 0 Å². The Morgan fingerprint density at radius 2 is 2.10 bits per heavy atom. The number of carbonyl (C=O) groups excluding carboxylic acids is 1. The van der Waals surface area contributed by atoms with Crippen LogP contribution in [-0.4, -0.2) is 32.2 Å². The van der Waals surface area contributed by atoms with Crippen molar-refractivity contribution in [1.29, 1.82) is 0 Å². The number of aryl methyl sites for hydroxylation is 1. The zero-order valence-electron chi connectivity index (χ0n) is 12.9. The summed E-state index contributed by atoms with van der Waals surface area (Å²) in [6.07, 6.45) is 3.25. The van der Waals surface area contributed by atoms with Crippen LogP contribution < -0.4 is 20.1 Å². The van der Waals surface area contributed by atoms with Gasteiger partial charge in [0.1, 0.15) is 13.2 Å². The van der Waals surface area contributed by atoms with Gasteiger partial charge in [-0.3, -0.25) is 4.79 Å². The molecular weight excluding hydrogens is 268 g/mol. The first-order chi connectivity index (χ1) is 10.2. The van der Waals surface area contributed by atoms with Gasteiger partial charge in [0.15, 0.2) is 18.0 Å². The van der Waals surface area contributed by atoms with E-state index in [0.717, 1.165) is 37.2 Å². The molecule has 1 aliphatic rings. The predicted octanol–water partition coefficient (Wildman–Crippen LogP) is 1.32. The molecule has 2 rings (SSSR count). The molecule has 0 atom stereocenters. The van der Waals surface area contributed by atoms with E-state index in [4.69, 9.17) is 9.47 Å². The molecule has 0 unspecified atom stereocenters. The maximum absolute atomic E-state index is 11.9. The van der Waals surface area contributed by atoms with Gasteiger partial charge in [-0.05, 0) is 37.5 Å². The van der Waals surface area contributed by atoms with Crippen LogP contribution in [0.25, 0.3) is 0 Å². The minimum absolute atomic E-state index is 0.0131. The average molecular weight is 293 g/mol. The molecule has 5 nitrogen and oxygen atoms in total. The van der Waals surface area contributed by atoms with E-state index in [9.17, 15) is 4.79 Å². The minimum atomic E-state index is -0.0131. The van der Waals surface area contributed by atoms with E-state index >= 15 is 0 Å². The van der Waals surface area contributed by atoms with Crippen LogP contribution in [0.4, 0.5) is 5.69 Å². The number of rotatable bonds is 7. The molecule has 1 heterocycles.